The number of hydrogen-bond donors (Lipinski definition) is 1. The highest BCUT2D eigenvalue weighted by molar-refractivity contribution is 8.76. The molecule has 0 rings (SSSR count). The Balaban J connectivity index is 2.90. The van der Waals surface area contributed by atoms with E-state index in [0.29, 0.717) is 24.6 Å². The maximum Gasteiger partial charge on any atom is 0.304 e. The molecule has 0 aromatic carbocycles. The lowest BCUT2D eigenvalue weighted by atomic mass is 10.5. The number of carboxylic acid groups (broad SMARTS) is 1. The molecule has 0 unspecified atom stereocenters. The van der Waals surface area contributed by atoms with E-state index in [2.05, 4.69) is 4.74 Å². The third-order valence-electron chi connectivity index (χ3n) is 0.835. The molecule has 0 aromatic heterocycles. The van der Waals surface area contributed by atoms with Crippen LogP contribution in [-0.2, 0) is 14.3 Å². The standard InChI is InChI=1S/C6H10O4S2/c7-5-10-2-4-12-11-3-1-6(8)9/h5H,1-4H2,(H,8,9). The van der Waals surface area contributed by atoms with E-state index in [4.69, 9.17) is 5.11 Å². The molecule has 70 valence electrons. The van der Waals surface area contributed by atoms with Gasteiger partial charge >= 0.3 is 5.97 Å². The Hall–Kier alpha value is -0.360. The molecular formula is C6H10O4S2. The molecule has 0 spiro atoms. The monoisotopic (exact) mass is 210 g/mol. The SMILES string of the molecule is O=COCCSSCCC(=O)O. The van der Waals surface area contributed by atoms with Crippen molar-refractivity contribution in [3.63, 3.8) is 0 Å². The Kier molecular flexibility index (Phi) is 8.47. The van der Waals surface area contributed by atoms with Gasteiger partial charge in [-0.15, -0.1) is 0 Å². The number of carboxylic acids is 1. The molecule has 0 bridgehead atoms. The quantitative estimate of drug-likeness (QED) is 0.366. The van der Waals surface area contributed by atoms with Crippen LogP contribution in [0.4, 0.5) is 0 Å². The van der Waals surface area contributed by atoms with Crippen LogP contribution in [0.2, 0.25) is 0 Å². The zero-order valence-electron chi connectivity index (χ0n) is 6.39. The fourth-order valence-electron chi connectivity index (χ4n) is 0.377. The third kappa shape index (κ3) is 9.64. The van der Waals surface area contributed by atoms with Crippen LogP contribution in [0.25, 0.3) is 0 Å². The van der Waals surface area contributed by atoms with E-state index in [9.17, 15) is 9.59 Å². The normalized spacial score (nSPS) is 9.33. The van der Waals surface area contributed by atoms with E-state index in [1.165, 1.54) is 21.6 Å². The van der Waals surface area contributed by atoms with Gasteiger partial charge in [-0.05, 0) is 0 Å². The molecule has 0 radical (unpaired) electrons. The first-order valence-electron chi connectivity index (χ1n) is 3.29. The minimum Gasteiger partial charge on any atom is -0.481 e. The summed E-state index contributed by atoms with van der Waals surface area (Å²) in [6, 6.07) is 0. The summed E-state index contributed by atoms with van der Waals surface area (Å²) in [5.41, 5.74) is 0. The molecule has 0 fully saturated rings. The van der Waals surface area contributed by atoms with Gasteiger partial charge in [0.25, 0.3) is 6.47 Å². The second-order valence-electron chi connectivity index (χ2n) is 1.75. The van der Waals surface area contributed by atoms with Crippen LogP contribution in [0.15, 0.2) is 0 Å². The van der Waals surface area contributed by atoms with Crippen LogP contribution in [0.5, 0.6) is 0 Å². The van der Waals surface area contributed by atoms with E-state index < -0.39 is 5.97 Å². The topological polar surface area (TPSA) is 63.6 Å². The fraction of sp³-hybridized carbons (Fsp3) is 0.667. The Morgan fingerprint density at radius 1 is 1.42 bits per heavy atom. The summed E-state index contributed by atoms with van der Waals surface area (Å²) in [6.45, 7) is 0.788. The number of rotatable bonds is 8. The highest BCUT2D eigenvalue weighted by Crippen LogP contribution is 2.21. The van der Waals surface area contributed by atoms with Crippen molar-refractivity contribution in [2.45, 2.75) is 6.42 Å². The molecule has 6 heteroatoms. The Morgan fingerprint density at radius 2 is 2.08 bits per heavy atom. The van der Waals surface area contributed by atoms with Gasteiger partial charge in [0.2, 0.25) is 0 Å². The van der Waals surface area contributed by atoms with Crippen molar-refractivity contribution in [2.24, 2.45) is 0 Å². The summed E-state index contributed by atoms with van der Waals surface area (Å²) in [7, 11) is 2.98. The lowest BCUT2D eigenvalue weighted by Gasteiger charge is -1.97. The molecule has 0 saturated heterocycles. The minimum atomic E-state index is -0.785. The van der Waals surface area contributed by atoms with E-state index in [0.717, 1.165) is 0 Å². The van der Waals surface area contributed by atoms with Gasteiger partial charge in [-0.2, -0.15) is 0 Å². The zero-order chi connectivity index (χ0) is 9.23. The number of carbonyl (C=O) groups excluding carboxylic acids is 1. The lowest BCUT2D eigenvalue weighted by Crippen LogP contribution is -1.96. The fourth-order valence-corrected chi connectivity index (χ4v) is 2.20. The van der Waals surface area contributed by atoms with E-state index in [1.54, 1.807) is 0 Å². The van der Waals surface area contributed by atoms with Gasteiger partial charge in [0.1, 0.15) is 6.61 Å². The molecule has 0 aliphatic carbocycles. The highest BCUT2D eigenvalue weighted by atomic mass is 33.1. The Bertz CT molecular complexity index is 140. The largest absolute Gasteiger partial charge is 0.481 e. The van der Waals surface area contributed by atoms with Gasteiger partial charge in [0, 0.05) is 11.5 Å². The van der Waals surface area contributed by atoms with Crippen molar-refractivity contribution in [3.05, 3.63) is 0 Å². The van der Waals surface area contributed by atoms with Crippen LogP contribution < -0.4 is 0 Å². The molecule has 0 aliphatic heterocycles. The van der Waals surface area contributed by atoms with Crippen LogP contribution in [0.1, 0.15) is 6.42 Å². The van der Waals surface area contributed by atoms with E-state index >= 15 is 0 Å². The van der Waals surface area contributed by atoms with Gasteiger partial charge in [-0.3, -0.25) is 9.59 Å². The first-order chi connectivity index (χ1) is 5.77. The van der Waals surface area contributed by atoms with Gasteiger partial charge in [-0.1, -0.05) is 21.6 Å². The van der Waals surface area contributed by atoms with Crippen LogP contribution in [0, 0.1) is 0 Å². The lowest BCUT2D eigenvalue weighted by molar-refractivity contribution is -0.136. The molecule has 0 atom stereocenters. The van der Waals surface area contributed by atoms with Gasteiger partial charge in [0.15, 0.2) is 0 Å². The van der Waals surface area contributed by atoms with Crippen LogP contribution >= 0.6 is 21.6 Å². The summed E-state index contributed by atoms with van der Waals surface area (Å²) in [5, 5.41) is 8.26. The molecule has 0 aliphatic rings. The summed E-state index contributed by atoms with van der Waals surface area (Å²) < 4.78 is 4.43. The first-order valence-corrected chi connectivity index (χ1v) is 5.77. The van der Waals surface area contributed by atoms with Crippen LogP contribution in [-0.4, -0.2) is 35.7 Å². The Labute approximate surface area is 78.4 Å². The molecule has 4 nitrogen and oxygen atoms in total. The van der Waals surface area contributed by atoms with Crippen molar-refractivity contribution in [2.75, 3.05) is 18.1 Å². The van der Waals surface area contributed by atoms with E-state index in [-0.39, 0.29) is 6.42 Å². The maximum absolute atomic E-state index is 10.0. The van der Waals surface area contributed by atoms with Crippen molar-refractivity contribution in [3.8, 4) is 0 Å². The predicted octanol–water partition coefficient (Wildman–Crippen LogP) is 1.02. The molecule has 12 heavy (non-hydrogen) atoms. The van der Waals surface area contributed by atoms with Crippen molar-refractivity contribution in [1.29, 1.82) is 0 Å². The number of hydrogen-bond acceptors (Lipinski definition) is 5. The summed E-state index contributed by atoms with van der Waals surface area (Å²) in [5.74, 6) is 0.497. The van der Waals surface area contributed by atoms with Gasteiger partial charge in [0.05, 0.1) is 6.42 Å². The van der Waals surface area contributed by atoms with Gasteiger partial charge < -0.3 is 9.84 Å². The Morgan fingerprint density at radius 3 is 2.67 bits per heavy atom. The summed E-state index contributed by atoms with van der Waals surface area (Å²) in [6.07, 6.45) is 0.173. The summed E-state index contributed by atoms with van der Waals surface area (Å²) >= 11 is 0. The number of carbonyl (C=O) groups is 2. The van der Waals surface area contributed by atoms with Crippen molar-refractivity contribution < 1.29 is 19.4 Å². The second kappa shape index (κ2) is 8.73. The van der Waals surface area contributed by atoms with Gasteiger partial charge in [-0.25, -0.2) is 0 Å². The van der Waals surface area contributed by atoms with Crippen molar-refractivity contribution in [1.82, 2.24) is 0 Å². The predicted molar refractivity (Wildman–Crippen MR) is 49.2 cm³/mol. The summed E-state index contributed by atoms with van der Waals surface area (Å²) in [4.78, 5) is 19.7. The van der Waals surface area contributed by atoms with Crippen LogP contribution in [0.3, 0.4) is 0 Å². The average molecular weight is 210 g/mol. The molecule has 0 heterocycles. The molecule has 0 aromatic rings. The number of ether oxygens (including phenoxy) is 1. The molecule has 0 saturated carbocycles. The van der Waals surface area contributed by atoms with Crippen molar-refractivity contribution >= 4 is 34.0 Å². The third-order valence-corrected chi connectivity index (χ3v) is 3.21. The molecule has 0 amide bonds. The minimum absolute atomic E-state index is 0.173. The highest BCUT2D eigenvalue weighted by Gasteiger charge is 1.96. The molecular weight excluding hydrogens is 200 g/mol. The number of aliphatic carboxylic acids is 1. The van der Waals surface area contributed by atoms with E-state index in [1.807, 2.05) is 0 Å². The average Bonchev–Trinajstić information content (AvgIpc) is 2.02. The smallest absolute Gasteiger partial charge is 0.304 e. The maximum atomic E-state index is 10.0. The zero-order valence-corrected chi connectivity index (χ0v) is 8.03. The second-order valence-corrected chi connectivity index (χ2v) is 4.46. The molecule has 1 N–H and O–H groups in total. The first kappa shape index (κ1) is 11.6.